The topological polar surface area (TPSA) is 130 Å². The number of rotatable bonds is 2. The molecule has 0 bridgehead atoms. The zero-order chi connectivity index (χ0) is 16.1. The molecule has 0 spiro atoms. The number of phenols is 1. The predicted octanol–water partition coefficient (Wildman–Crippen LogP) is -0.331. The molecule has 2 N–H and O–H groups in total. The summed E-state index contributed by atoms with van der Waals surface area (Å²) in [5, 5.41) is 11.7. The van der Waals surface area contributed by atoms with Gasteiger partial charge in [-0.1, -0.05) is 0 Å². The summed E-state index contributed by atoms with van der Waals surface area (Å²) < 4.78 is 33.2. The van der Waals surface area contributed by atoms with Gasteiger partial charge in [-0.05, 0) is 30.7 Å². The monoisotopic (exact) mass is 326 g/mol. The number of fused-ring (bicyclic) bond motifs is 1. The summed E-state index contributed by atoms with van der Waals surface area (Å²) in [5.74, 6) is -0.831. The van der Waals surface area contributed by atoms with Crippen LogP contribution in [0.3, 0.4) is 0 Å². The van der Waals surface area contributed by atoms with Crippen LogP contribution in [-0.2, 0) is 15.1 Å². The molecular formula is C12H12N3O6S-. The van der Waals surface area contributed by atoms with E-state index in [4.69, 9.17) is 5.11 Å². The summed E-state index contributed by atoms with van der Waals surface area (Å²) in [4.78, 5) is 25.1. The molecule has 2 saturated heterocycles. The molecular weight excluding hydrogens is 314 g/mol. The molecule has 0 radical (unpaired) electrons. The van der Waals surface area contributed by atoms with Crippen molar-refractivity contribution in [1.82, 2.24) is 9.21 Å². The third kappa shape index (κ3) is 2.25. The number of carbonyl (C=O) groups excluding carboxylic acids is 2. The molecule has 1 aromatic rings. The Morgan fingerprint density at radius 3 is 2.55 bits per heavy atom. The Balaban J connectivity index is 1.71. The molecule has 2 atom stereocenters. The van der Waals surface area contributed by atoms with Gasteiger partial charge in [0.05, 0.1) is 6.04 Å². The Bertz CT molecular complexity index is 732. The van der Waals surface area contributed by atoms with Gasteiger partial charge in [-0.2, -0.15) is 0 Å². The van der Waals surface area contributed by atoms with Crippen molar-refractivity contribution in [2.75, 3.05) is 11.9 Å². The lowest BCUT2D eigenvalue weighted by molar-refractivity contribution is -0.143. The first-order valence-electron chi connectivity index (χ1n) is 6.45. The number of hydrogen-bond donors (Lipinski definition) is 2. The molecule has 3 rings (SSSR count). The first-order valence-corrected chi connectivity index (χ1v) is 7.81. The van der Waals surface area contributed by atoms with Gasteiger partial charge in [0.2, 0.25) is 0 Å². The van der Waals surface area contributed by atoms with Crippen LogP contribution in [0.15, 0.2) is 24.3 Å². The summed E-state index contributed by atoms with van der Waals surface area (Å²) in [7, 11) is -4.83. The number of likely N-dealkylation sites (tertiary alicyclic amines) is 1. The summed E-state index contributed by atoms with van der Waals surface area (Å²) in [6, 6.07) is 3.50. The Labute approximate surface area is 126 Å². The summed E-state index contributed by atoms with van der Waals surface area (Å²) in [5.41, 5.74) is 0.423. The number of carbonyl (C=O) groups is 2. The molecule has 2 fully saturated rings. The molecule has 118 valence electrons. The molecule has 2 aliphatic rings. The van der Waals surface area contributed by atoms with Crippen LogP contribution < -0.4 is 5.32 Å². The minimum Gasteiger partial charge on any atom is -0.731 e. The smallest absolute Gasteiger partial charge is 0.322 e. The quantitative estimate of drug-likeness (QED) is 0.435. The van der Waals surface area contributed by atoms with Crippen molar-refractivity contribution in [1.29, 1.82) is 0 Å². The highest BCUT2D eigenvalue weighted by molar-refractivity contribution is 7.84. The Hall–Kier alpha value is -2.33. The second-order valence-electron chi connectivity index (χ2n) is 5.06. The molecule has 2 heterocycles. The van der Waals surface area contributed by atoms with Gasteiger partial charge in [0.1, 0.15) is 11.8 Å². The van der Waals surface area contributed by atoms with Crippen molar-refractivity contribution in [3.05, 3.63) is 24.3 Å². The number of phenolic OH excluding ortho intramolecular Hbond substituents is 1. The number of anilines is 1. The summed E-state index contributed by atoms with van der Waals surface area (Å²) in [6.45, 7) is 0.178. The van der Waals surface area contributed by atoms with Crippen LogP contribution in [0.2, 0.25) is 0 Å². The Morgan fingerprint density at radius 1 is 1.32 bits per heavy atom. The second kappa shape index (κ2) is 4.85. The standard InChI is InChI=1S/C12H13N3O6S/c16-8-3-1-7(2-4-8)13-12(18)14-6-5-9-10(14)11(17)15(9)22(19,20)21/h1-4,9-10,16H,5-6H2,(H,13,18)(H,19,20,21)/p-1/t9-,10+/m1/s1. The van der Waals surface area contributed by atoms with Gasteiger partial charge < -0.3 is 19.9 Å². The van der Waals surface area contributed by atoms with Crippen molar-refractivity contribution in [3.63, 3.8) is 0 Å². The van der Waals surface area contributed by atoms with Gasteiger partial charge in [-0.25, -0.2) is 17.5 Å². The van der Waals surface area contributed by atoms with E-state index in [0.29, 0.717) is 9.99 Å². The number of nitrogens with one attached hydrogen (secondary N) is 1. The van der Waals surface area contributed by atoms with Crippen molar-refractivity contribution in [2.24, 2.45) is 0 Å². The van der Waals surface area contributed by atoms with E-state index in [1.54, 1.807) is 0 Å². The highest BCUT2D eigenvalue weighted by Gasteiger charge is 2.58. The number of aromatic hydroxyl groups is 1. The van der Waals surface area contributed by atoms with Crippen molar-refractivity contribution >= 4 is 27.9 Å². The maximum Gasteiger partial charge on any atom is 0.322 e. The number of urea groups is 1. The molecule has 0 aliphatic carbocycles. The van der Waals surface area contributed by atoms with E-state index in [-0.39, 0.29) is 18.7 Å². The number of hydrogen-bond acceptors (Lipinski definition) is 6. The lowest BCUT2D eigenvalue weighted by Crippen LogP contribution is -2.68. The van der Waals surface area contributed by atoms with Gasteiger partial charge >= 0.3 is 6.03 Å². The van der Waals surface area contributed by atoms with Crippen LogP contribution in [-0.4, -0.2) is 57.8 Å². The fraction of sp³-hybridized carbons (Fsp3) is 0.333. The number of amides is 3. The van der Waals surface area contributed by atoms with Gasteiger partial charge in [-0.3, -0.25) is 4.79 Å². The van der Waals surface area contributed by atoms with E-state index in [9.17, 15) is 22.6 Å². The zero-order valence-corrected chi connectivity index (χ0v) is 12.0. The van der Waals surface area contributed by atoms with Gasteiger partial charge in [0.15, 0.2) is 10.3 Å². The molecule has 1 aromatic carbocycles. The number of nitrogens with zero attached hydrogens (tertiary/aromatic N) is 2. The van der Waals surface area contributed by atoms with E-state index in [2.05, 4.69) is 5.32 Å². The largest absolute Gasteiger partial charge is 0.731 e. The average Bonchev–Trinajstić information content (AvgIpc) is 2.78. The van der Waals surface area contributed by atoms with Crippen molar-refractivity contribution in [3.8, 4) is 5.75 Å². The summed E-state index contributed by atoms with van der Waals surface area (Å²) >= 11 is 0. The maximum atomic E-state index is 12.1. The predicted molar refractivity (Wildman–Crippen MR) is 72.6 cm³/mol. The van der Waals surface area contributed by atoms with Crippen LogP contribution in [0.5, 0.6) is 5.75 Å². The molecule has 3 amide bonds. The van der Waals surface area contributed by atoms with Crippen LogP contribution >= 0.6 is 0 Å². The minimum atomic E-state index is -4.83. The second-order valence-corrected chi connectivity index (χ2v) is 6.31. The normalized spacial score (nSPS) is 24.0. The van der Waals surface area contributed by atoms with Crippen LogP contribution in [0.25, 0.3) is 0 Å². The molecule has 0 aromatic heterocycles. The number of benzene rings is 1. The lowest BCUT2D eigenvalue weighted by Gasteiger charge is -2.45. The van der Waals surface area contributed by atoms with Crippen LogP contribution in [0.1, 0.15) is 6.42 Å². The summed E-state index contributed by atoms with van der Waals surface area (Å²) in [6.07, 6.45) is 0.237. The van der Waals surface area contributed by atoms with E-state index in [1.165, 1.54) is 29.2 Å². The highest BCUT2D eigenvalue weighted by Crippen LogP contribution is 2.35. The highest BCUT2D eigenvalue weighted by atomic mass is 32.2. The molecule has 0 unspecified atom stereocenters. The van der Waals surface area contributed by atoms with Crippen LogP contribution in [0.4, 0.5) is 10.5 Å². The minimum absolute atomic E-state index is 0.0460. The average molecular weight is 326 g/mol. The fourth-order valence-corrected chi connectivity index (χ4v) is 3.66. The van der Waals surface area contributed by atoms with Gasteiger partial charge in [0, 0.05) is 12.2 Å². The van der Waals surface area contributed by atoms with Gasteiger partial charge in [-0.15, -0.1) is 0 Å². The SMILES string of the molecule is O=C(Nc1ccc(O)cc1)N1CC[C@@H]2[C@H]1C(=O)N2S(=O)(=O)[O-]. The Kier molecular flexibility index (Phi) is 3.22. The number of β-lactam (4-membered cyclic amide) rings is 1. The molecule has 9 nitrogen and oxygen atoms in total. The molecule has 0 saturated carbocycles. The molecule has 22 heavy (non-hydrogen) atoms. The van der Waals surface area contributed by atoms with Gasteiger partial charge in [0.25, 0.3) is 5.91 Å². The van der Waals surface area contributed by atoms with E-state index in [0.717, 1.165) is 0 Å². The zero-order valence-electron chi connectivity index (χ0n) is 11.2. The third-order valence-electron chi connectivity index (χ3n) is 3.76. The first-order chi connectivity index (χ1) is 10.3. The van der Waals surface area contributed by atoms with E-state index >= 15 is 0 Å². The first kappa shape index (κ1) is 14.6. The van der Waals surface area contributed by atoms with Crippen molar-refractivity contribution < 1.29 is 27.7 Å². The third-order valence-corrected chi connectivity index (χ3v) is 4.69. The van der Waals surface area contributed by atoms with Crippen molar-refractivity contribution in [2.45, 2.75) is 18.5 Å². The lowest BCUT2D eigenvalue weighted by atomic mass is 10.0. The molecule has 10 heteroatoms. The molecule has 2 aliphatic heterocycles. The Morgan fingerprint density at radius 2 is 1.95 bits per heavy atom. The fourth-order valence-electron chi connectivity index (χ4n) is 2.78. The maximum absolute atomic E-state index is 12.1. The van der Waals surface area contributed by atoms with E-state index in [1.807, 2.05) is 0 Å². The van der Waals surface area contributed by atoms with E-state index < -0.39 is 34.3 Å². The van der Waals surface area contributed by atoms with Crippen LogP contribution in [0, 0.1) is 0 Å².